The molecule has 0 amide bonds. The van der Waals surface area contributed by atoms with Crippen LogP contribution in [0.2, 0.25) is 0 Å². The molecule has 11 aromatic rings. The molecule has 7 heteroatoms. The monoisotopic (exact) mass is 682 g/mol. The summed E-state index contributed by atoms with van der Waals surface area (Å²) < 4.78 is 18.7. The van der Waals surface area contributed by atoms with Crippen molar-refractivity contribution in [1.29, 1.82) is 0 Å². The van der Waals surface area contributed by atoms with Gasteiger partial charge in [0.1, 0.15) is 27.8 Å². The van der Waals surface area contributed by atoms with E-state index in [-0.39, 0.29) is 0 Å². The van der Waals surface area contributed by atoms with Crippen LogP contribution in [0.15, 0.2) is 171 Å². The van der Waals surface area contributed by atoms with Gasteiger partial charge in [-0.05, 0) is 77.9 Å². The fourth-order valence-electron chi connectivity index (χ4n) is 7.23. The van der Waals surface area contributed by atoms with Crippen molar-refractivity contribution in [3.8, 4) is 56.7 Å². The summed E-state index contributed by atoms with van der Waals surface area (Å²) in [6.07, 6.45) is 0. The average molecular weight is 683 g/mol. The smallest absolute Gasteiger partial charge is 0.227 e. The highest BCUT2D eigenvalue weighted by Crippen LogP contribution is 2.39. The van der Waals surface area contributed by atoms with E-state index in [1.807, 2.05) is 115 Å². The Morgan fingerprint density at radius 3 is 1.81 bits per heavy atom. The topological polar surface area (TPSA) is 91.0 Å². The average Bonchev–Trinajstić information content (AvgIpc) is 3.94. The van der Waals surface area contributed by atoms with Crippen molar-refractivity contribution in [3.05, 3.63) is 158 Å². The highest BCUT2D eigenvalue weighted by molar-refractivity contribution is 6.13. The lowest BCUT2D eigenvalue weighted by Gasteiger charge is -2.09. The van der Waals surface area contributed by atoms with Crippen molar-refractivity contribution in [3.63, 3.8) is 0 Å². The van der Waals surface area contributed by atoms with Gasteiger partial charge in [-0.2, -0.15) is 0 Å². The standard InChI is InChI=1S/C46H26N4O3/c1-2-10-27(11-3-1)43-48-44(30-21-23-38-34(26-30)32-14-4-6-17-37(32)51-38)50-45(49-43)33-15-9-19-41-42(33)35-25-29(20-22-39(35)52-41)28-12-8-13-31(24-28)46-47-36-16-5-7-18-40(36)53-46/h1-26H. The maximum absolute atomic E-state index is 6.44. The summed E-state index contributed by atoms with van der Waals surface area (Å²) in [7, 11) is 0. The Morgan fingerprint density at radius 1 is 0.321 bits per heavy atom. The van der Waals surface area contributed by atoms with E-state index in [0.717, 1.165) is 88.4 Å². The van der Waals surface area contributed by atoms with Gasteiger partial charge in [-0.1, -0.05) is 91.0 Å². The van der Waals surface area contributed by atoms with Crippen LogP contribution in [0, 0.1) is 0 Å². The number of oxazole rings is 1. The predicted octanol–water partition coefficient (Wildman–Crippen LogP) is 12.1. The number of aromatic nitrogens is 4. The van der Waals surface area contributed by atoms with Gasteiger partial charge >= 0.3 is 0 Å². The second-order valence-corrected chi connectivity index (χ2v) is 13.0. The summed E-state index contributed by atoms with van der Waals surface area (Å²) in [5, 5.41) is 3.96. The lowest BCUT2D eigenvalue weighted by atomic mass is 9.99. The molecule has 0 aliphatic heterocycles. The van der Waals surface area contributed by atoms with Crippen molar-refractivity contribution in [1.82, 2.24) is 19.9 Å². The summed E-state index contributed by atoms with van der Waals surface area (Å²) >= 11 is 0. The molecular weight excluding hydrogens is 657 g/mol. The number of fused-ring (bicyclic) bond motifs is 7. The predicted molar refractivity (Wildman–Crippen MR) is 209 cm³/mol. The molecule has 11 rings (SSSR count). The summed E-state index contributed by atoms with van der Waals surface area (Å²) in [6.45, 7) is 0. The van der Waals surface area contributed by atoms with E-state index in [4.69, 9.17) is 33.2 Å². The molecule has 7 nitrogen and oxygen atoms in total. The van der Waals surface area contributed by atoms with Crippen LogP contribution < -0.4 is 0 Å². The molecular formula is C46H26N4O3. The first kappa shape index (κ1) is 29.4. The number of furan rings is 2. The Kier molecular flexibility index (Phi) is 6.42. The van der Waals surface area contributed by atoms with Crippen molar-refractivity contribution in [2.24, 2.45) is 0 Å². The third-order valence-corrected chi connectivity index (χ3v) is 9.77. The van der Waals surface area contributed by atoms with Gasteiger partial charge in [0.05, 0.1) is 0 Å². The molecule has 0 saturated heterocycles. The van der Waals surface area contributed by atoms with E-state index in [1.54, 1.807) is 0 Å². The molecule has 0 N–H and O–H groups in total. The zero-order valence-electron chi connectivity index (χ0n) is 28.0. The van der Waals surface area contributed by atoms with Crippen LogP contribution in [-0.2, 0) is 0 Å². The molecule has 0 saturated carbocycles. The molecule has 0 atom stereocenters. The number of hydrogen-bond acceptors (Lipinski definition) is 7. The Hall–Kier alpha value is -7.38. The van der Waals surface area contributed by atoms with Crippen molar-refractivity contribution < 1.29 is 13.3 Å². The molecule has 53 heavy (non-hydrogen) atoms. The van der Waals surface area contributed by atoms with E-state index in [1.165, 1.54) is 0 Å². The fourth-order valence-corrected chi connectivity index (χ4v) is 7.23. The molecule has 0 aliphatic rings. The van der Waals surface area contributed by atoms with Crippen LogP contribution >= 0.6 is 0 Å². The van der Waals surface area contributed by atoms with E-state index in [0.29, 0.717) is 23.4 Å². The minimum absolute atomic E-state index is 0.558. The molecule has 0 unspecified atom stereocenters. The van der Waals surface area contributed by atoms with Crippen molar-refractivity contribution >= 4 is 55.0 Å². The zero-order chi connectivity index (χ0) is 34.9. The van der Waals surface area contributed by atoms with Gasteiger partial charge in [-0.15, -0.1) is 0 Å². The largest absolute Gasteiger partial charge is 0.456 e. The first-order chi connectivity index (χ1) is 26.2. The molecule has 0 spiro atoms. The van der Waals surface area contributed by atoms with Crippen LogP contribution in [-0.4, -0.2) is 19.9 Å². The number of para-hydroxylation sites is 3. The summed E-state index contributed by atoms with van der Waals surface area (Å²) in [5.74, 6) is 2.31. The van der Waals surface area contributed by atoms with Gasteiger partial charge in [0, 0.05) is 43.8 Å². The van der Waals surface area contributed by atoms with E-state index in [9.17, 15) is 0 Å². The quantitative estimate of drug-likeness (QED) is 0.178. The van der Waals surface area contributed by atoms with Crippen LogP contribution in [0.5, 0.6) is 0 Å². The van der Waals surface area contributed by atoms with Gasteiger partial charge in [0.2, 0.25) is 5.89 Å². The summed E-state index contributed by atoms with van der Waals surface area (Å²) in [6, 6.07) is 52.6. The Balaban J connectivity index is 1.08. The second-order valence-electron chi connectivity index (χ2n) is 13.0. The summed E-state index contributed by atoms with van der Waals surface area (Å²) in [5.41, 5.74) is 10.4. The number of rotatable bonds is 5. The SMILES string of the molecule is c1ccc(-c2nc(-c3ccc4oc5ccccc5c4c3)nc(-c3cccc4oc5ccc(-c6cccc(-c7nc8ccccc8o7)c6)cc5c34)n2)cc1. The van der Waals surface area contributed by atoms with Gasteiger partial charge < -0.3 is 13.3 Å². The Morgan fingerprint density at radius 2 is 0.925 bits per heavy atom. The number of hydrogen-bond donors (Lipinski definition) is 0. The lowest BCUT2D eigenvalue weighted by Crippen LogP contribution is -2.00. The van der Waals surface area contributed by atoms with Crippen LogP contribution in [0.25, 0.3) is 112 Å². The molecule has 0 fully saturated rings. The third kappa shape index (κ3) is 4.90. The summed E-state index contributed by atoms with van der Waals surface area (Å²) in [4.78, 5) is 20.0. The highest BCUT2D eigenvalue weighted by Gasteiger charge is 2.19. The van der Waals surface area contributed by atoms with E-state index < -0.39 is 0 Å². The van der Waals surface area contributed by atoms with Gasteiger partial charge in [-0.25, -0.2) is 19.9 Å². The van der Waals surface area contributed by atoms with Crippen LogP contribution in [0.1, 0.15) is 0 Å². The number of benzene rings is 7. The Labute approximate surface area is 301 Å². The Bertz CT molecular complexity index is 3160. The van der Waals surface area contributed by atoms with Crippen molar-refractivity contribution in [2.45, 2.75) is 0 Å². The lowest BCUT2D eigenvalue weighted by molar-refractivity contribution is 0.620. The molecule has 4 heterocycles. The maximum atomic E-state index is 6.44. The van der Waals surface area contributed by atoms with Gasteiger partial charge in [0.25, 0.3) is 0 Å². The molecule has 0 aliphatic carbocycles. The second kappa shape index (κ2) is 11.6. The first-order valence-corrected chi connectivity index (χ1v) is 17.4. The minimum Gasteiger partial charge on any atom is -0.456 e. The maximum Gasteiger partial charge on any atom is 0.227 e. The number of nitrogens with zero attached hydrogens (tertiary/aromatic N) is 4. The van der Waals surface area contributed by atoms with Crippen LogP contribution in [0.4, 0.5) is 0 Å². The normalized spacial score (nSPS) is 11.8. The van der Waals surface area contributed by atoms with E-state index in [2.05, 4.69) is 42.5 Å². The molecule has 248 valence electrons. The fraction of sp³-hybridized carbons (Fsp3) is 0. The van der Waals surface area contributed by atoms with Crippen molar-refractivity contribution in [2.75, 3.05) is 0 Å². The zero-order valence-corrected chi connectivity index (χ0v) is 28.0. The van der Waals surface area contributed by atoms with Crippen LogP contribution in [0.3, 0.4) is 0 Å². The third-order valence-electron chi connectivity index (χ3n) is 9.77. The van der Waals surface area contributed by atoms with E-state index >= 15 is 0 Å². The van der Waals surface area contributed by atoms with Gasteiger partial charge in [-0.3, -0.25) is 0 Å². The molecule has 0 bridgehead atoms. The molecule has 4 aromatic heterocycles. The molecule has 0 radical (unpaired) electrons. The molecule has 7 aromatic carbocycles. The highest BCUT2D eigenvalue weighted by atomic mass is 16.3. The minimum atomic E-state index is 0.558. The first-order valence-electron chi connectivity index (χ1n) is 17.4. The van der Waals surface area contributed by atoms with Gasteiger partial charge in [0.15, 0.2) is 23.1 Å².